The number of aromatic amines is 1. The second-order valence-corrected chi connectivity index (χ2v) is 7.16. The van der Waals surface area contributed by atoms with Crippen LogP contribution in [0.5, 0.6) is 0 Å². The number of amides is 2. The Morgan fingerprint density at radius 3 is 2.48 bits per heavy atom. The molecular formula is C16H24N4O3. The van der Waals surface area contributed by atoms with Crippen LogP contribution in [0.4, 0.5) is 0 Å². The predicted octanol–water partition coefficient (Wildman–Crippen LogP) is 0.813. The van der Waals surface area contributed by atoms with E-state index in [9.17, 15) is 9.59 Å². The van der Waals surface area contributed by atoms with Crippen molar-refractivity contribution in [1.29, 1.82) is 0 Å². The SMILES string of the molecule is CC(C)(C)C(=O)N1CCc2[nH]nc(C(=O)N3CCOCC3)c2C1. The zero-order valence-corrected chi connectivity index (χ0v) is 14.0. The van der Waals surface area contributed by atoms with Gasteiger partial charge in [-0.2, -0.15) is 5.10 Å². The Bertz CT molecular complexity index is 611. The fourth-order valence-electron chi connectivity index (χ4n) is 3.04. The Morgan fingerprint density at radius 2 is 1.83 bits per heavy atom. The molecule has 1 aromatic heterocycles. The molecule has 126 valence electrons. The molecule has 0 atom stereocenters. The molecule has 0 aliphatic carbocycles. The Hall–Kier alpha value is -1.89. The summed E-state index contributed by atoms with van der Waals surface area (Å²) in [7, 11) is 0. The molecule has 0 radical (unpaired) electrons. The molecule has 2 amide bonds. The number of nitrogens with zero attached hydrogens (tertiary/aromatic N) is 3. The summed E-state index contributed by atoms with van der Waals surface area (Å²) >= 11 is 0. The molecule has 0 bridgehead atoms. The number of rotatable bonds is 1. The molecule has 0 spiro atoms. The van der Waals surface area contributed by atoms with Crippen molar-refractivity contribution in [3.63, 3.8) is 0 Å². The van der Waals surface area contributed by atoms with E-state index >= 15 is 0 Å². The van der Waals surface area contributed by atoms with Gasteiger partial charge in [0.2, 0.25) is 5.91 Å². The van der Waals surface area contributed by atoms with E-state index in [4.69, 9.17) is 4.74 Å². The highest BCUT2D eigenvalue weighted by atomic mass is 16.5. The highest BCUT2D eigenvalue weighted by Gasteiger charge is 2.33. The molecule has 1 aromatic rings. The Morgan fingerprint density at radius 1 is 1.13 bits per heavy atom. The van der Waals surface area contributed by atoms with Crippen LogP contribution in [0, 0.1) is 5.41 Å². The smallest absolute Gasteiger partial charge is 0.274 e. The van der Waals surface area contributed by atoms with Crippen molar-refractivity contribution in [2.75, 3.05) is 32.8 Å². The Balaban J connectivity index is 1.80. The Labute approximate surface area is 136 Å². The minimum atomic E-state index is -0.421. The highest BCUT2D eigenvalue weighted by Crippen LogP contribution is 2.26. The van der Waals surface area contributed by atoms with Crippen LogP contribution in [0.3, 0.4) is 0 Å². The lowest BCUT2D eigenvalue weighted by Crippen LogP contribution is -2.44. The topological polar surface area (TPSA) is 78.5 Å². The summed E-state index contributed by atoms with van der Waals surface area (Å²) in [4.78, 5) is 28.8. The number of carbonyl (C=O) groups is 2. The van der Waals surface area contributed by atoms with Gasteiger partial charge in [0.15, 0.2) is 5.69 Å². The molecule has 0 saturated carbocycles. The van der Waals surface area contributed by atoms with Gasteiger partial charge in [-0.05, 0) is 0 Å². The summed E-state index contributed by atoms with van der Waals surface area (Å²) in [6.45, 7) is 9.17. The van der Waals surface area contributed by atoms with E-state index in [0.29, 0.717) is 51.5 Å². The monoisotopic (exact) mass is 320 g/mol. The van der Waals surface area contributed by atoms with Crippen molar-refractivity contribution in [3.05, 3.63) is 17.0 Å². The molecule has 2 aliphatic heterocycles. The van der Waals surface area contributed by atoms with Crippen molar-refractivity contribution >= 4 is 11.8 Å². The van der Waals surface area contributed by atoms with Crippen LogP contribution >= 0.6 is 0 Å². The van der Waals surface area contributed by atoms with Gasteiger partial charge >= 0.3 is 0 Å². The van der Waals surface area contributed by atoms with E-state index in [1.165, 1.54) is 0 Å². The normalized spacial score (nSPS) is 18.7. The molecule has 0 unspecified atom stereocenters. The molecule has 7 nitrogen and oxygen atoms in total. The summed E-state index contributed by atoms with van der Waals surface area (Å²) in [5.74, 6) is 0.0324. The number of ether oxygens (including phenoxy) is 1. The molecular weight excluding hydrogens is 296 g/mol. The maximum Gasteiger partial charge on any atom is 0.274 e. The third-order valence-corrected chi connectivity index (χ3v) is 4.36. The van der Waals surface area contributed by atoms with Crippen molar-refractivity contribution < 1.29 is 14.3 Å². The van der Waals surface area contributed by atoms with E-state index in [1.807, 2.05) is 25.7 Å². The highest BCUT2D eigenvalue weighted by molar-refractivity contribution is 5.94. The molecule has 1 fully saturated rings. The van der Waals surface area contributed by atoms with Gasteiger partial charge in [-0.1, -0.05) is 20.8 Å². The van der Waals surface area contributed by atoms with Crippen molar-refractivity contribution in [2.24, 2.45) is 5.41 Å². The van der Waals surface area contributed by atoms with Gasteiger partial charge in [-0.3, -0.25) is 14.7 Å². The van der Waals surface area contributed by atoms with Gasteiger partial charge in [-0.15, -0.1) is 0 Å². The fraction of sp³-hybridized carbons (Fsp3) is 0.688. The first-order valence-electron chi connectivity index (χ1n) is 8.10. The van der Waals surface area contributed by atoms with Crippen LogP contribution < -0.4 is 0 Å². The zero-order valence-electron chi connectivity index (χ0n) is 14.0. The van der Waals surface area contributed by atoms with E-state index in [-0.39, 0.29) is 11.8 Å². The van der Waals surface area contributed by atoms with Crippen LogP contribution in [0.1, 0.15) is 42.5 Å². The number of nitrogens with one attached hydrogen (secondary N) is 1. The van der Waals surface area contributed by atoms with Gasteiger partial charge in [0, 0.05) is 49.3 Å². The standard InChI is InChI=1S/C16H24N4O3/c1-16(2,3)15(22)20-5-4-12-11(10-20)13(18-17-12)14(21)19-6-8-23-9-7-19/h4-10H2,1-3H3,(H,17,18). The lowest BCUT2D eigenvalue weighted by molar-refractivity contribution is -0.140. The van der Waals surface area contributed by atoms with Crippen LogP contribution in [0.15, 0.2) is 0 Å². The molecule has 2 aliphatic rings. The maximum atomic E-state index is 12.7. The summed E-state index contributed by atoms with van der Waals surface area (Å²) in [6, 6.07) is 0. The largest absolute Gasteiger partial charge is 0.378 e. The molecule has 7 heteroatoms. The van der Waals surface area contributed by atoms with Gasteiger partial charge < -0.3 is 14.5 Å². The van der Waals surface area contributed by atoms with Crippen molar-refractivity contribution in [2.45, 2.75) is 33.7 Å². The maximum absolute atomic E-state index is 12.7. The minimum absolute atomic E-state index is 0.0733. The summed E-state index contributed by atoms with van der Waals surface area (Å²) in [5.41, 5.74) is 1.87. The summed E-state index contributed by atoms with van der Waals surface area (Å²) < 4.78 is 5.29. The fourth-order valence-corrected chi connectivity index (χ4v) is 3.04. The van der Waals surface area contributed by atoms with Gasteiger partial charge in [-0.25, -0.2) is 0 Å². The van der Waals surface area contributed by atoms with Gasteiger partial charge in [0.1, 0.15) is 0 Å². The van der Waals surface area contributed by atoms with Crippen LogP contribution in [-0.2, 0) is 22.5 Å². The average Bonchev–Trinajstić information content (AvgIpc) is 2.96. The molecule has 0 aromatic carbocycles. The van der Waals surface area contributed by atoms with E-state index in [2.05, 4.69) is 10.2 Å². The second-order valence-electron chi connectivity index (χ2n) is 7.16. The van der Waals surface area contributed by atoms with Gasteiger partial charge in [0.05, 0.1) is 13.2 Å². The zero-order chi connectivity index (χ0) is 16.6. The van der Waals surface area contributed by atoms with E-state index < -0.39 is 5.41 Å². The third-order valence-electron chi connectivity index (χ3n) is 4.36. The molecule has 3 heterocycles. The lowest BCUT2D eigenvalue weighted by atomic mass is 9.93. The van der Waals surface area contributed by atoms with E-state index in [0.717, 1.165) is 11.3 Å². The molecule has 1 N–H and O–H groups in total. The quantitative estimate of drug-likeness (QED) is 0.831. The number of aromatic nitrogens is 2. The van der Waals surface area contributed by atoms with Crippen LogP contribution in [-0.4, -0.2) is 64.7 Å². The summed E-state index contributed by atoms with van der Waals surface area (Å²) in [5, 5.41) is 7.21. The van der Waals surface area contributed by atoms with Crippen molar-refractivity contribution in [3.8, 4) is 0 Å². The number of carbonyl (C=O) groups excluding carboxylic acids is 2. The number of morpholine rings is 1. The van der Waals surface area contributed by atoms with Gasteiger partial charge in [0.25, 0.3) is 5.91 Å². The summed E-state index contributed by atoms with van der Waals surface area (Å²) in [6.07, 6.45) is 0.709. The second kappa shape index (κ2) is 5.96. The first-order chi connectivity index (χ1) is 10.9. The van der Waals surface area contributed by atoms with Crippen LogP contribution in [0.25, 0.3) is 0 Å². The first-order valence-corrected chi connectivity index (χ1v) is 8.10. The predicted molar refractivity (Wildman–Crippen MR) is 83.9 cm³/mol. The molecule has 23 heavy (non-hydrogen) atoms. The number of hydrogen-bond donors (Lipinski definition) is 1. The number of H-pyrrole nitrogens is 1. The number of hydrogen-bond acceptors (Lipinski definition) is 4. The number of fused-ring (bicyclic) bond motifs is 1. The minimum Gasteiger partial charge on any atom is -0.378 e. The Kier molecular flexibility index (Phi) is 4.14. The van der Waals surface area contributed by atoms with Crippen LogP contribution in [0.2, 0.25) is 0 Å². The van der Waals surface area contributed by atoms with E-state index in [1.54, 1.807) is 4.90 Å². The third kappa shape index (κ3) is 3.10. The average molecular weight is 320 g/mol. The molecule has 3 rings (SSSR count). The van der Waals surface area contributed by atoms with Crippen molar-refractivity contribution in [1.82, 2.24) is 20.0 Å². The molecule has 1 saturated heterocycles. The first kappa shape index (κ1) is 16.0. The lowest BCUT2D eigenvalue weighted by Gasteiger charge is -2.33.